The summed E-state index contributed by atoms with van der Waals surface area (Å²) in [4.78, 5) is 20.2. The molecule has 0 radical (unpaired) electrons. The molecule has 9 heteroatoms. The Balaban J connectivity index is 1.39. The average Bonchev–Trinajstić information content (AvgIpc) is 3.17. The maximum atomic E-state index is 11.9. The first kappa shape index (κ1) is 18.4. The molecule has 3 aromatic rings. The Morgan fingerprint density at radius 3 is 2.78 bits per heavy atom. The zero-order valence-corrected chi connectivity index (χ0v) is 15.3. The Hall–Kier alpha value is -3.36. The molecule has 0 spiro atoms. The van der Waals surface area contributed by atoms with Crippen molar-refractivity contribution in [1.29, 1.82) is 0 Å². The minimum Gasteiger partial charge on any atom is -0.493 e. The van der Waals surface area contributed by atoms with Gasteiger partial charge in [-0.2, -0.15) is 10.1 Å². The van der Waals surface area contributed by atoms with E-state index in [2.05, 4.69) is 25.7 Å². The van der Waals surface area contributed by atoms with Gasteiger partial charge in [0.2, 0.25) is 0 Å². The van der Waals surface area contributed by atoms with Gasteiger partial charge in [0.05, 0.1) is 14.2 Å². The van der Waals surface area contributed by atoms with Crippen LogP contribution in [-0.2, 0) is 13.0 Å². The largest absolute Gasteiger partial charge is 0.493 e. The van der Waals surface area contributed by atoms with Crippen molar-refractivity contribution in [2.24, 2.45) is 0 Å². The first-order valence-electron chi connectivity index (χ1n) is 8.56. The highest BCUT2D eigenvalue weighted by atomic mass is 16.5. The number of carbonyl (C=O) groups is 1. The van der Waals surface area contributed by atoms with Gasteiger partial charge in [-0.05, 0) is 36.1 Å². The number of ether oxygens (including phenoxy) is 2. The monoisotopic (exact) mass is 370 g/mol. The van der Waals surface area contributed by atoms with E-state index in [0.29, 0.717) is 30.4 Å². The van der Waals surface area contributed by atoms with E-state index in [1.54, 1.807) is 24.9 Å². The van der Waals surface area contributed by atoms with Crippen LogP contribution in [0.15, 0.2) is 36.9 Å². The van der Waals surface area contributed by atoms with Gasteiger partial charge >= 0.3 is 6.03 Å². The van der Waals surface area contributed by atoms with Crippen LogP contribution in [0.5, 0.6) is 11.5 Å². The first-order valence-corrected chi connectivity index (χ1v) is 8.56. The van der Waals surface area contributed by atoms with Gasteiger partial charge in [0.15, 0.2) is 11.5 Å². The Morgan fingerprint density at radius 2 is 1.96 bits per heavy atom. The number of aryl methyl sites for hydroxylation is 1. The molecule has 2 aromatic heterocycles. The quantitative estimate of drug-likeness (QED) is 0.584. The van der Waals surface area contributed by atoms with Crippen LogP contribution in [0.25, 0.3) is 5.78 Å². The summed E-state index contributed by atoms with van der Waals surface area (Å²) in [6.45, 7) is 0.965. The Morgan fingerprint density at radius 1 is 1.11 bits per heavy atom. The van der Waals surface area contributed by atoms with E-state index < -0.39 is 0 Å². The summed E-state index contributed by atoms with van der Waals surface area (Å²) in [5, 5.41) is 9.73. The van der Waals surface area contributed by atoms with Gasteiger partial charge in [0.25, 0.3) is 5.78 Å². The fourth-order valence-corrected chi connectivity index (χ4v) is 2.62. The smallest absolute Gasteiger partial charge is 0.315 e. The van der Waals surface area contributed by atoms with Crippen LogP contribution in [0.2, 0.25) is 0 Å². The third kappa shape index (κ3) is 4.84. The third-order valence-corrected chi connectivity index (χ3v) is 4.02. The van der Waals surface area contributed by atoms with E-state index in [1.807, 2.05) is 24.4 Å². The molecule has 27 heavy (non-hydrogen) atoms. The molecule has 0 aliphatic carbocycles. The molecular weight excluding hydrogens is 348 g/mol. The molecule has 1 aromatic carbocycles. The molecule has 142 valence electrons. The van der Waals surface area contributed by atoms with Gasteiger partial charge in [-0.15, -0.1) is 0 Å². The number of hydrogen-bond acceptors (Lipinski definition) is 6. The lowest BCUT2D eigenvalue weighted by molar-refractivity contribution is 0.240. The number of urea groups is 1. The summed E-state index contributed by atoms with van der Waals surface area (Å²) < 4.78 is 12.1. The highest BCUT2D eigenvalue weighted by Crippen LogP contribution is 2.27. The van der Waals surface area contributed by atoms with Crippen molar-refractivity contribution < 1.29 is 14.3 Å². The molecule has 0 fully saturated rings. The molecule has 2 heterocycles. The molecule has 0 aliphatic heterocycles. The molecule has 0 saturated carbocycles. The summed E-state index contributed by atoms with van der Waals surface area (Å²) in [5.41, 5.74) is 1.97. The van der Waals surface area contributed by atoms with Crippen LogP contribution in [0.1, 0.15) is 17.5 Å². The van der Waals surface area contributed by atoms with E-state index in [-0.39, 0.29) is 6.03 Å². The topological polar surface area (TPSA) is 103 Å². The van der Waals surface area contributed by atoms with E-state index in [9.17, 15) is 4.79 Å². The average molecular weight is 370 g/mol. The van der Waals surface area contributed by atoms with Crippen molar-refractivity contribution >= 4 is 11.8 Å². The standard InChI is InChI=1S/C18H22N6O3/c1-26-15-6-5-13(8-16(15)27-2)9-21-18(25)19-7-3-4-14-10-20-17-22-12-23-24(17)11-14/h5-6,8,10-12H,3-4,7,9H2,1-2H3,(H2,19,21,25). The van der Waals surface area contributed by atoms with Crippen molar-refractivity contribution in [2.45, 2.75) is 19.4 Å². The van der Waals surface area contributed by atoms with E-state index in [4.69, 9.17) is 9.47 Å². The number of benzene rings is 1. The lowest BCUT2D eigenvalue weighted by Gasteiger charge is -2.11. The number of hydrogen-bond donors (Lipinski definition) is 2. The third-order valence-electron chi connectivity index (χ3n) is 4.02. The second-order valence-electron chi connectivity index (χ2n) is 5.87. The van der Waals surface area contributed by atoms with E-state index in [1.165, 1.54) is 6.33 Å². The highest BCUT2D eigenvalue weighted by molar-refractivity contribution is 5.73. The van der Waals surface area contributed by atoms with Crippen molar-refractivity contribution in [3.8, 4) is 11.5 Å². The predicted octanol–water partition coefficient (Wildman–Crippen LogP) is 1.57. The van der Waals surface area contributed by atoms with Crippen LogP contribution in [-0.4, -0.2) is 46.4 Å². The molecule has 0 aliphatic rings. The second-order valence-corrected chi connectivity index (χ2v) is 5.87. The number of fused-ring (bicyclic) bond motifs is 1. The minimum absolute atomic E-state index is 0.213. The van der Waals surface area contributed by atoms with Gasteiger partial charge < -0.3 is 20.1 Å². The maximum absolute atomic E-state index is 11.9. The van der Waals surface area contributed by atoms with Gasteiger partial charge in [-0.25, -0.2) is 14.3 Å². The summed E-state index contributed by atoms with van der Waals surface area (Å²) in [6, 6.07) is 5.32. The normalized spacial score (nSPS) is 10.6. The Kier molecular flexibility index (Phi) is 6.03. The van der Waals surface area contributed by atoms with Crippen molar-refractivity contribution in [3.63, 3.8) is 0 Å². The fourth-order valence-electron chi connectivity index (χ4n) is 2.62. The Labute approximate surface area is 156 Å². The van der Waals surface area contributed by atoms with Crippen LogP contribution in [0.3, 0.4) is 0 Å². The van der Waals surface area contributed by atoms with Crippen LogP contribution >= 0.6 is 0 Å². The molecule has 0 atom stereocenters. The summed E-state index contributed by atoms with van der Waals surface area (Å²) in [7, 11) is 3.17. The van der Waals surface area contributed by atoms with Crippen LogP contribution < -0.4 is 20.1 Å². The lowest BCUT2D eigenvalue weighted by atomic mass is 10.2. The van der Waals surface area contributed by atoms with Gasteiger partial charge in [-0.1, -0.05) is 6.07 Å². The number of nitrogens with zero attached hydrogens (tertiary/aromatic N) is 4. The van der Waals surface area contributed by atoms with Gasteiger partial charge in [0, 0.05) is 25.5 Å². The van der Waals surface area contributed by atoms with E-state index >= 15 is 0 Å². The van der Waals surface area contributed by atoms with E-state index in [0.717, 1.165) is 24.0 Å². The SMILES string of the molecule is COc1ccc(CNC(=O)NCCCc2cnc3ncnn3c2)cc1OC. The Bertz CT molecular complexity index is 911. The van der Waals surface area contributed by atoms with Crippen molar-refractivity contribution in [3.05, 3.63) is 48.0 Å². The molecule has 3 rings (SSSR count). The highest BCUT2D eigenvalue weighted by Gasteiger charge is 2.06. The number of aromatic nitrogens is 4. The fraction of sp³-hybridized carbons (Fsp3) is 0.333. The summed E-state index contributed by atoms with van der Waals surface area (Å²) >= 11 is 0. The van der Waals surface area contributed by atoms with Crippen molar-refractivity contribution in [1.82, 2.24) is 30.2 Å². The lowest BCUT2D eigenvalue weighted by Crippen LogP contribution is -2.35. The molecular formula is C18H22N6O3. The first-order chi connectivity index (χ1) is 13.2. The van der Waals surface area contributed by atoms with Gasteiger partial charge in [0.1, 0.15) is 6.33 Å². The van der Waals surface area contributed by atoms with Crippen LogP contribution in [0, 0.1) is 0 Å². The number of rotatable bonds is 8. The zero-order valence-electron chi connectivity index (χ0n) is 15.3. The minimum atomic E-state index is -0.213. The summed E-state index contributed by atoms with van der Waals surface area (Å²) in [5.74, 6) is 1.87. The number of carbonyl (C=O) groups excluding carboxylic acids is 1. The molecule has 0 bridgehead atoms. The maximum Gasteiger partial charge on any atom is 0.315 e. The predicted molar refractivity (Wildman–Crippen MR) is 98.9 cm³/mol. The van der Waals surface area contributed by atoms with Crippen LogP contribution in [0.4, 0.5) is 4.79 Å². The second kappa shape index (κ2) is 8.84. The molecule has 9 nitrogen and oxygen atoms in total. The van der Waals surface area contributed by atoms with Crippen molar-refractivity contribution in [2.75, 3.05) is 20.8 Å². The molecule has 2 amide bonds. The number of amides is 2. The number of nitrogens with one attached hydrogen (secondary N) is 2. The molecule has 0 saturated heterocycles. The number of methoxy groups -OCH3 is 2. The zero-order chi connectivity index (χ0) is 19.1. The molecule has 2 N–H and O–H groups in total. The summed E-state index contributed by atoms with van der Waals surface area (Å²) in [6.07, 6.45) is 6.73. The molecule has 0 unspecified atom stereocenters. The van der Waals surface area contributed by atoms with Gasteiger partial charge in [-0.3, -0.25) is 0 Å².